The molecule has 1 atom stereocenters. The second-order valence-corrected chi connectivity index (χ2v) is 8.86. The van der Waals surface area contributed by atoms with Crippen LogP contribution in [0.25, 0.3) is 11.3 Å². The fraction of sp³-hybridized carbons (Fsp3) is 0.261. The largest absolute Gasteiger partial charge is 0.495 e. The van der Waals surface area contributed by atoms with Gasteiger partial charge in [0.05, 0.1) is 41.5 Å². The predicted molar refractivity (Wildman–Crippen MR) is 126 cm³/mol. The molecule has 3 aromatic rings. The number of nitrogens with zero attached hydrogens (tertiary/aromatic N) is 2. The topological polar surface area (TPSA) is 80.8 Å². The number of thiazole rings is 1. The van der Waals surface area contributed by atoms with Crippen molar-refractivity contribution >= 4 is 46.1 Å². The molecule has 1 fully saturated rings. The van der Waals surface area contributed by atoms with Crippen molar-refractivity contribution in [2.24, 2.45) is 5.92 Å². The Balaban J connectivity index is 1.50. The number of hydrogen-bond acceptors (Lipinski definition) is 6. The molecular weight excluding hydrogens is 450 g/mol. The van der Waals surface area contributed by atoms with Gasteiger partial charge in [-0.05, 0) is 25.1 Å². The summed E-state index contributed by atoms with van der Waals surface area (Å²) in [6.07, 6.45) is 0.101. The van der Waals surface area contributed by atoms with Crippen molar-refractivity contribution in [3.8, 4) is 22.8 Å². The number of ether oxygens (including phenoxy) is 2. The first-order chi connectivity index (χ1) is 15.4. The minimum absolute atomic E-state index is 0.101. The van der Waals surface area contributed by atoms with Gasteiger partial charge in [-0.1, -0.05) is 23.7 Å². The Kier molecular flexibility index (Phi) is 6.34. The fourth-order valence-electron chi connectivity index (χ4n) is 3.67. The van der Waals surface area contributed by atoms with Crippen molar-refractivity contribution in [1.29, 1.82) is 0 Å². The smallest absolute Gasteiger partial charge is 0.229 e. The molecule has 1 aliphatic rings. The lowest BCUT2D eigenvalue weighted by Gasteiger charge is -2.21. The maximum absolute atomic E-state index is 12.9. The molecular formula is C23H22ClN3O4S. The number of hydrogen-bond donors (Lipinski definition) is 1. The van der Waals surface area contributed by atoms with Gasteiger partial charge < -0.3 is 19.7 Å². The van der Waals surface area contributed by atoms with Gasteiger partial charge in [0.15, 0.2) is 0 Å². The van der Waals surface area contributed by atoms with E-state index < -0.39 is 5.92 Å². The SMILES string of the molecule is COc1cc(OC)c(N2CC(C(=O)Nc3cccc(-c4csc(C)n4)c3)CC2=O)cc1Cl. The zero-order valence-electron chi connectivity index (χ0n) is 17.8. The molecule has 1 aliphatic heterocycles. The second-order valence-electron chi connectivity index (χ2n) is 7.39. The van der Waals surface area contributed by atoms with Gasteiger partial charge in [-0.3, -0.25) is 9.59 Å². The number of benzene rings is 2. The van der Waals surface area contributed by atoms with Crippen molar-refractivity contribution in [2.45, 2.75) is 13.3 Å². The summed E-state index contributed by atoms with van der Waals surface area (Å²) in [7, 11) is 3.01. The first-order valence-electron chi connectivity index (χ1n) is 9.95. The molecule has 2 heterocycles. The summed E-state index contributed by atoms with van der Waals surface area (Å²) in [4.78, 5) is 31.7. The van der Waals surface area contributed by atoms with Crippen LogP contribution in [0.15, 0.2) is 41.8 Å². The maximum Gasteiger partial charge on any atom is 0.229 e. The van der Waals surface area contributed by atoms with Crippen LogP contribution in [-0.4, -0.2) is 37.6 Å². The number of amides is 2. The van der Waals surface area contributed by atoms with E-state index in [2.05, 4.69) is 10.3 Å². The second kappa shape index (κ2) is 9.18. The number of aromatic nitrogens is 1. The minimum Gasteiger partial charge on any atom is -0.495 e. The van der Waals surface area contributed by atoms with E-state index in [1.54, 1.807) is 23.5 Å². The highest BCUT2D eigenvalue weighted by Gasteiger charge is 2.36. The van der Waals surface area contributed by atoms with E-state index >= 15 is 0 Å². The Hall–Kier alpha value is -3.10. The molecule has 1 saturated heterocycles. The normalized spacial score (nSPS) is 15.7. The average Bonchev–Trinajstić information content (AvgIpc) is 3.39. The number of rotatable bonds is 6. The van der Waals surface area contributed by atoms with Crippen molar-refractivity contribution in [2.75, 3.05) is 31.0 Å². The van der Waals surface area contributed by atoms with Crippen molar-refractivity contribution in [3.63, 3.8) is 0 Å². The third kappa shape index (κ3) is 4.42. The third-order valence-corrected chi connectivity index (χ3v) is 6.35. The van der Waals surface area contributed by atoms with Gasteiger partial charge in [-0.25, -0.2) is 4.98 Å². The quantitative estimate of drug-likeness (QED) is 0.559. The molecule has 0 aliphatic carbocycles. The molecule has 2 amide bonds. The lowest BCUT2D eigenvalue weighted by atomic mass is 10.1. The van der Waals surface area contributed by atoms with Crippen LogP contribution >= 0.6 is 22.9 Å². The molecule has 2 aromatic carbocycles. The number of halogens is 1. The Morgan fingerprint density at radius 1 is 1.22 bits per heavy atom. The summed E-state index contributed by atoms with van der Waals surface area (Å²) < 4.78 is 10.6. The zero-order chi connectivity index (χ0) is 22.8. The van der Waals surface area contributed by atoms with Crippen LogP contribution in [0.1, 0.15) is 11.4 Å². The Morgan fingerprint density at radius 3 is 2.69 bits per heavy atom. The zero-order valence-corrected chi connectivity index (χ0v) is 19.4. The summed E-state index contributed by atoms with van der Waals surface area (Å²) in [6.45, 7) is 2.18. The van der Waals surface area contributed by atoms with E-state index in [0.717, 1.165) is 16.3 Å². The summed E-state index contributed by atoms with van der Waals surface area (Å²) >= 11 is 7.83. The van der Waals surface area contributed by atoms with Crippen LogP contribution < -0.4 is 19.7 Å². The van der Waals surface area contributed by atoms with Crippen molar-refractivity contribution in [1.82, 2.24) is 4.98 Å². The van der Waals surface area contributed by atoms with E-state index in [1.807, 2.05) is 36.6 Å². The lowest BCUT2D eigenvalue weighted by molar-refractivity contribution is -0.122. The summed E-state index contributed by atoms with van der Waals surface area (Å²) in [6, 6.07) is 10.8. The van der Waals surface area contributed by atoms with E-state index in [-0.39, 0.29) is 24.8 Å². The molecule has 1 N–H and O–H groups in total. The number of aryl methyl sites for hydroxylation is 1. The first kappa shape index (κ1) is 22.1. The predicted octanol–water partition coefficient (Wildman–Crippen LogP) is 4.78. The fourth-order valence-corrected chi connectivity index (χ4v) is 4.52. The Bertz CT molecular complexity index is 1180. The number of methoxy groups -OCH3 is 2. The highest BCUT2D eigenvalue weighted by Crippen LogP contribution is 2.40. The maximum atomic E-state index is 12.9. The van der Waals surface area contributed by atoms with Crippen LogP contribution in [0.4, 0.5) is 11.4 Å². The third-order valence-electron chi connectivity index (χ3n) is 5.28. The molecule has 7 nitrogen and oxygen atoms in total. The van der Waals surface area contributed by atoms with Crippen LogP contribution in [0.2, 0.25) is 5.02 Å². The van der Waals surface area contributed by atoms with E-state index in [4.69, 9.17) is 21.1 Å². The lowest BCUT2D eigenvalue weighted by Crippen LogP contribution is -2.28. The molecule has 1 aromatic heterocycles. The molecule has 1 unspecified atom stereocenters. The van der Waals surface area contributed by atoms with Gasteiger partial charge in [0.2, 0.25) is 11.8 Å². The molecule has 0 radical (unpaired) electrons. The number of carbonyl (C=O) groups is 2. The Labute approximate surface area is 194 Å². The number of anilines is 2. The van der Waals surface area contributed by atoms with E-state index in [9.17, 15) is 9.59 Å². The van der Waals surface area contributed by atoms with E-state index in [0.29, 0.717) is 27.9 Å². The molecule has 0 saturated carbocycles. The van der Waals surface area contributed by atoms with E-state index in [1.165, 1.54) is 19.1 Å². The van der Waals surface area contributed by atoms with Crippen LogP contribution in [0.3, 0.4) is 0 Å². The summed E-state index contributed by atoms with van der Waals surface area (Å²) in [5.74, 6) is 0.0102. The van der Waals surface area contributed by atoms with Crippen molar-refractivity contribution in [3.05, 3.63) is 51.8 Å². The molecule has 9 heteroatoms. The molecule has 0 bridgehead atoms. The standard InChI is InChI=1S/C23H22ClN3O4S/c1-13-25-18(12-32-13)14-5-4-6-16(7-14)26-23(29)15-8-22(28)27(11-15)19-9-17(24)20(30-2)10-21(19)31-3/h4-7,9-10,12,15H,8,11H2,1-3H3,(H,26,29). The van der Waals surface area contributed by atoms with Gasteiger partial charge in [0.1, 0.15) is 11.5 Å². The van der Waals surface area contributed by atoms with Gasteiger partial charge in [0, 0.05) is 35.7 Å². The molecule has 32 heavy (non-hydrogen) atoms. The highest BCUT2D eigenvalue weighted by atomic mass is 35.5. The molecule has 166 valence electrons. The monoisotopic (exact) mass is 471 g/mol. The van der Waals surface area contributed by atoms with Crippen LogP contribution in [0.5, 0.6) is 11.5 Å². The average molecular weight is 472 g/mol. The number of carbonyl (C=O) groups excluding carboxylic acids is 2. The molecule has 4 rings (SSSR count). The van der Waals surface area contributed by atoms with Crippen LogP contribution in [0, 0.1) is 12.8 Å². The van der Waals surface area contributed by atoms with Gasteiger partial charge in [-0.15, -0.1) is 11.3 Å². The minimum atomic E-state index is -0.502. The molecule has 0 spiro atoms. The van der Waals surface area contributed by atoms with Crippen molar-refractivity contribution < 1.29 is 19.1 Å². The summed E-state index contributed by atoms with van der Waals surface area (Å²) in [5, 5.41) is 6.25. The van der Waals surface area contributed by atoms with Gasteiger partial charge in [0.25, 0.3) is 0 Å². The number of nitrogens with one attached hydrogen (secondary N) is 1. The van der Waals surface area contributed by atoms with Gasteiger partial charge in [-0.2, -0.15) is 0 Å². The highest BCUT2D eigenvalue weighted by molar-refractivity contribution is 7.09. The van der Waals surface area contributed by atoms with Gasteiger partial charge >= 0.3 is 0 Å². The van der Waals surface area contributed by atoms with Crippen LogP contribution in [-0.2, 0) is 9.59 Å². The first-order valence-corrected chi connectivity index (χ1v) is 11.2. The Morgan fingerprint density at radius 2 is 2.00 bits per heavy atom. The summed E-state index contributed by atoms with van der Waals surface area (Å²) in [5.41, 5.74) is 2.97.